The van der Waals surface area contributed by atoms with Crippen LogP contribution in [0.25, 0.3) is 32.7 Å². The molecule has 0 aliphatic heterocycles. The molecule has 0 amide bonds. The molecular formula is C21H14O2. The van der Waals surface area contributed by atoms with E-state index in [4.69, 9.17) is 0 Å². The van der Waals surface area contributed by atoms with E-state index in [1.807, 2.05) is 72.8 Å². The van der Waals surface area contributed by atoms with Crippen LogP contribution < -0.4 is 0 Å². The van der Waals surface area contributed by atoms with Crippen LogP contribution in [0, 0.1) is 0 Å². The van der Waals surface area contributed by atoms with Crippen molar-refractivity contribution in [1.82, 2.24) is 0 Å². The summed E-state index contributed by atoms with van der Waals surface area (Å²) >= 11 is 0. The van der Waals surface area contributed by atoms with Crippen LogP contribution in [-0.2, 0) is 0 Å². The number of phenolic OH excluding ortho intramolecular Hbond substituents is 1. The van der Waals surface area contributed by atoms with Crippen LogP contribution in [0.5, 0.6) is 5.75 Å². The fourth-order valence-corrected chi connectivity index (χ4v) is 3.09. The SMILES string of the molecule is O=Cc1cc2ccccc2c(O)c1-c1ccc2ccccc2c1. The van der Waals surface area contributed by atoms with Gasteiger partial charge in [0.25, 0.3) is 0 Å². The van der Waals surface area contributed by atoms with E-state index in [9.17, 15) is 9.90 Å². The molecule has 4 aromatic carbocycles. The van der Waals surface area contributed by atoms with Crippen LogP contribution in [0.2, 0.25) is 0 Å². The molecule has 2 nitrogen and oxygen atoms in total. The van der Waals surface area contributed by atoms with Crippen molar-refractivity contribution in [3.05, 3.63) is 78.4 Å². The number of hydrogen-bond acceptors (Lipinski definition) is 2. The van der Waals surface area contributed by atoms with Gasteiger partial charge in [-0.3, -0.25) is 4.79 Å². The molecule has 4 rings (SSSR count). The number of carbonyl (C=O) groups is 1. The second kappa shape index (κ2) is 5.25. The Morgan fingerprint density at radius 3 is 2.22 bits per heavy atom. The van der Waals surface area contributed by atoms with Crippen LogP contribution >= 0.6 is 0 Å². The molecule has 2 heteroatoms. The van der Waals surface area contributed by atoms with Gasteiger partial charge in [-0.05, 0) is 33.9 Å². The Morgan fingerprint density at radius 1 is 0.739 bits per heavy atom. The number of benzene rings is 4. The summed E-state index contributed by atoms with van der Waals surface area (Å²) in [5.41, 5.74) is 1.93. The van der Waals surface area contributed by atoms with Gasteiger partial charge in [0.05, 0.1) is 0 Å². The molecule has 0 heterocycles. The van der Waals surface area contributed by atoms with Gasteiger partial charge in [-0.25, -0.2) is 0 Å². The first-order chi connectivity index (χ1) is 11.3. The Balaban J connectivity index is 2.06. The largest absolute Gasteiger partial charge is 0.507 e. The third-order valence-electron chi connectivity index (χ3n) is 4.22. The highest BCUT2D eigenvalue weighted by atomic mass is 16.3. The molecule has 0 bridgehead atoms. The molecule has 4 aromatic rings. The van der Waals surface area contributed by atoms with Gasteiger partial charge in [-0.1, -0.05) is 60.7 Å². The lowest BCUT2D eigenvalue weighted by Crippen LogP contribution is -1.90. The van der Waals surface area contributed by atoms with Crippen molar-refractivity contribution in [3.63, 3.8) is 0 Å². The normalized spacial score (nSPS) is 11.0. The van der Waals surface area contributed by atoms with Crippen molar-refractivity contribution in [1.29, 1.82) is 0 Å². The highest BCUT2D eigenvalue weighted by molar-refractivity contribution is 6.04. The summed E-state index contributed by atoms with van der Waals surface area (Å²) in [6.45, 7) is 0. The molecule has 0 radical (unpaired) electrons. The van der Waals surface area contributed by atoms with E-state index in [1.54, 1.807) is 0 Å². The van der Waals surface area contributed by atoms with Crippen molar-refractivity contribution in [2.24, 2.45) is 0 Å². The molecule has 110 valence electrons. The van der Waals surface area contributed by atoms with Gasteiger partial charge in [0.1, 0.15) is 5.75 Å². The third-order valence-corrected chi connectivity index (χ3v) is 4.22. The second-order valence-electron chi connectivity index (χ2n) is 5.59. The van der Waals surface area contributed by atoms with Crippen LogP contribution in [0.15, 0.2) is 72.8 Å². The number of rotatable bonds is 2. The topological polar surface area (TPSA) is 37.3 Å². The molecule has 0 aromatic heterocycles. The Kier molecular flexibility index (Phi) is 3.09. The number of aldehydes is 1. The molecule has 0 saturated carbocycles. The Morgan fingerprint density at radius 2 is 1.43 bits per heavy atom. The molecule has 0 atom stereocenters. The first kappa shape index (κ1) is 13.5. The van der Waals surface area contributed by atoms with E-state index in [0.29, 0.717) is 11.1 Å². The zero-order valence-corrected chi connectivity index (χ0v) is 12.4. The Labute approximate surface area is 133 Å². The second-order valence-corrected chi connectivity index (χ2v) is 5.59. The van der Waals surface area contributed by atoms with E-state index in [-0.39, 0.29) is 5.75 Å². The van der Waals surface area contributed by atoms with E-state index in [1.165, 1.54) is 0 Å². The van der Waals surface area contributed by atoms with Crippen molar-refractivity contribution < 1.29 is 9.90 Å². The first-order valence-electron chi connectivity index (χ1n) is 7.47. The predicted molar refractivity (Wildman–Crippen MR) is 93.9 cm³/mol. The number of phenols is 1. The molecule has 0 spiro atoms. The smallest absolute Gasteiger partial charge is 0.150 e. The van der Waals surface area contributed by atoms with E-state index < -0.39 is 0 Å². The standard InChI is InChI=1S/C21H14O2/c22-13-18-12-16-7-3-4-8-19(16)21(23)20(18)17-10-9-14-5-1-2-6-15(14)11-17/h1-13,23H. The zero-order valence-electron chi connectivity index (χ0n) is 12.4. The maximum absolute atomic E-state index is 11.5. The summed E-state index contributed by atoms with van der Waals surface area (Å²) in [7, 11) is 0. The van der Waals surface area contributed by atoms with Gasteiger partial charge in [0.15, 0.2) is 6.29 Å². The van der Waals surface area contributed by atoms with Gasteiger partial charge in [0, 0.05) is 16.5 Å². The van der Waals surface area contributed by atoms with Gasteiger partial charge < -0.3 is 5.11 Å². The number of carbonyl (C=O) groups excluding carboxylic acids is 1. The quantitative estimate of drug-likeness (QED) is 0.518. The van der Waals surface area contributed by atoms with Crippen molar-refractivity contribution in [3.8, 4) is 16.9 Å². The molecule has 0 saturated heterocycles. The molecule has 0 unspecified atom stereocenters. The lowest BCUT2D eigenvalue weighted by Gasteiger charge is -2.12. The molecule has 1 N–H and O–H groups in total. The zero-order chi connectivity index (χ0) is 15.8. The summed E-state index contributed by atoms with van der Waals surface area (Å²) in [5, 5.41) is 14.5. The minimum Gasteiger partial charge on any atom is -0.507 e. The van der Waals surface area contributed by atoms with Gasteiger partial charge in [-0.15, -0.1) is 0 Å². The van der Waals surface area contributed by atoms with Crippen LogP contribution in [0.3, 0.4) is 0 Å². The summed E-state index contributed by atoms with van der Waals surface area (Å²) in [4.78, 5) is 11.5. The van der Waals surface area contributed by atoms with Gasteiger partial charge in [-0.2, -0.15) is 0 Å². The van der Waals surface area contributed by atoms with Crippen LogP contribution in [-0.4, -0.2) is 11.4 Å². The summed E-state index contributed by atoms with van der Waals surface area (Å²) in [5.74, 6) is 0.153. The lowest BCUT2D eigenvalue weighted by atomic mass is 9.93. The molecule has 0 fully saturated rings. The Hall–Kier alpha value is -3.13. The molecule has 0 aliphatic carbocycles. The monoisotopic (exact) mass is 298 g/mol. The summed E-state index contributed by atoms with van der Waals surface area (Å²) < 4.78 is 0. The minimum atomic E-state index is 0.153. The van der Waals surface area contributed by atoms with E-state index >= 15 is 0 Å². The highest BCUT2D eigenvalue weighted by Gasteiger charge is 2.14. The first-order valence-corrected chi connectivity index (χ1v) is 7.47. The Bertz CT molecular complexity index is 1050. The average Bonchev–Trinajstić information content (AvgIpc) is 2.61. The fourth-order valence-electron chi connectivity index (χ4n) is 3.09. The molecular weight excluding hydrogens is 284 g/mol. The summed E-state index contributed by atoms with van der Waals surface area (Å²) in [6.07, 6.45) is 0.802. The fraction of sp³-hybridized carbons (Fsp3) is 0. The maximum atomic E-state index is 11.5. The van der Waals surface area contributed by atoms with Crippen molar-refractivity contribution >= 4 is 27.8 Å². The van der Waals surface area contributed by atoms with Gasteiger partial charge >= 0.3 is 0 Å². The number of fused-ring (bicyclic) bond motifs is 2. The minimum absolute atomic E-state index is 0.153. The highest BCUT2D eigenvalue weighted by Crippen LogP contribution is 2.39. The average molecular weight is 298 g/mol. The van der Waals surface area contributed by atoms with Crippen LogP contribution in [0.4, 0.5) is 0 Å². The summed E-state index contributed by atoms with van der Waals surface area (Å²) in [6, 6.07) is 23.4. The van der Waals surface area contributed by atoms with E-state index in [2.05, 4.69) is 0 Å². The third kappa shape index (κ3) is 2.16. The van der Waals surface area contributed by atoms with Crippen LogP contribution in [0.1, 0.15) is 10.4 Å². The van der Waals surface area contributed by atoms with Crippen molar-refractivity contribution in [2.45, 2.75) is 0 Å². The molecule has 0 aliphatic rings. The number of aromatic hydroxyl groups is 1. The predicted octanol–water partition coefficient (Wildman–Crippen LogP) is 5.18. The van der Waals surface area contributed by atoms with E-state index in [0.717, 1.165) is 33.4 Å². The molecule has 23 heavy (non-hydrogen) atoms. The van der Waals surface area contributed by atoms with Crippen molar-refractivity contribution in [2.75, 3.05) is 0 Å². The maximum Gasteiger partial charge on any atom is 0.150 e. The number of hydrogen-bond donors (Lipinski definition) is 1. The lowest BCUT2D eigenvalue weighted by molar-refractivity contribution is 0.112. The van der Waals surface area contributed by atoms with Gasteiger partial charge in [0.2, 0.25) is 0 Å².